The Bertz CT molecular complexity index is 1020. The number of phenolic OH excluding ortho intramolecular Hbond substituents is 2. The predicted octanol–water partition coefficient (Wildman–Crippen LogP) is 5.39. The zero-order chi connectivity index (χ0) is 19.3. The van der Waals surface area contributed by atoms with E-state index in [9.17, 15) is 15.0 Å². The number of carbonyl (C=O) groups is 1. The van der Waals surface area contributed by atoms with Crippen LogP contribution in [0.15, 0.2) is 48.5 Å². The standard InChI is InChI=1S/C20H12Cl2O5/c21-13-5-11-17(7-15(13)23)27-18-8-16(24)14(22)6-12(18)19(11)9-1-3-10(4-2-9)20(25)26/h1-8,19,23-24H,(H,25,26). The lowest BCUT2D eigenvalue weighted by Gasteiger charge is -2.29. The maximum absolute atomic E-state index is 11.1. The highest BCUT2D eigenvalue weighted by molar-refractivity contribution is 6.32. The minimum atomic E-state index is -1.02. The van der Waals surface area contributed by atoms with Gasteiger partial charge in [0, 0.05) is 29.2 Å². The number of hydrogen-bond donors (Lipinski definition) is 3. The summed E-state index contributed by atoms with van der Waals surface area (Å²) >= 11 is 12.2. The molecule has 3 N–H and O–H groups in total. The van der Waals surface area contributed by atoms with Crippen molar-refractivity contribution in [2.75, 3.05) is 0 Å². The molecule has 27 heavy (non-hydrogen) atoms. The van der Waals surface area contributed by atoms with Crippen LogP contribution in [0.2, 0.25) is 10.0 Å². The summed E-state index contributed by atoms with van der Waals surface area (Å²) in [6, 6.07) is 12.4. The molecule has 136 valence electrons. The summed E-state index contributed by atoms with van der Waals surface area (Å²) in [4.78, 5) is 11.1. The molecule has 3 aromatic carbocycles. The molecule has 0 radical (unpaired) electrons. The van der Waals surface area contributed by atoms with Crippen molar-refractivity contribution in [3.05, 3.63) is 80.8 Å². The van der Waals surface area contributed by atoms with E-state index in [1.165, 1.54) is 24.3 Å². The van der Waals surface area contributed by atoms with E-state index in [1.54, 1.807) is 24.3 Å². The lowest BCUT2D eigenvalue weighted by Crippen LogP contribution is -2.12. The topological polar surface area (TPSA) is 87.0 Å². The maximum Gasteiger partial charge on any atom is 0.335 e. The lowest BCUT2D eigenvalue weighted by molar-refractivity contribution is 0.0697. The van der Waals surface area contributed by atoms with Crippen molar-refractivity contribution in [2.45, 2.75) is 5.92 Å². The number of ether oxygens (including phenoxy) is 1. The number of aromatic carboxylic acids is 1. The van der Waals surface area contributed by atoms with Crippen LogP contribution in [0.5, 0.6) is 23.0 Å². The van der Waals surface area contributed by atoms with E-state index in [1.807, 2.05) is 0 Å². The molecule has 0 saturated heterocycles. The van der Waals surface area contributed by atoms with E-state index in [2.05, 4.69) is 0 Å². The van der Waals surface area contributed by atoms with E-state index < -0.39 is 5.97 Å². The van der Waals surface area contributed by atoms with Crippen LogP contribution >= 0.6 is 23.2 Å². The number of rotatable bonds is 2. The van der Waals surface area contributed by atoms with Crippen molar-refractivity contribution in [1.29, 1.82) is 0 Å². The van der Waals surface area contributed by atoms with Crippen LogP contribution in [0.4, 0.5) is 0 Å². The molecule has 0 fully saturated rings. The van der Waals surface area contributed by atoms with Gasteiger partial charge < -0.3 is 20.1 Å². The van der Waals surface area contributed by atoms with E-state index in [0.717, 1.165) is 5.56 Å². The number of phenols is 2. The smallest absolute Gasteiger partial charge is 0.335 e. The fraction of sp³-hybridized carbons (Fsp3) is 0.0500. The summed E-state index contributed by atoms with van der Waals surface area (Å²) in [6.07, 6.45) is 0. The Labute approximate surface area is 164 Å². The van der Waals surface area contributed by atoms with Crippen LogP contribution in [-0.2, 0) is 0 Å². The van der Waals surface area contributed by atoms with Gasteiger partial charge in [0.15, 0.2) is 0 Å². The molecule has 0 spiro atoms. The van der Waals surface area contributed by atoms with Crippen LogP contribution in [0.25, 0.3) is 0 Å². The van der Waals surface area contributed by atoms with Crippen molar-refractivity contribution in [3.8, 4) is 23.0 Å². The van der Waals surface area contributed by atoms with Crippen molar-refractivity contribution in [1.82, 2.24) is 0 Å². The summed E-state index contributed by atoms with van der Waals surface area (Å²) in [5, 5.41) is 29.3. The van der Waals surface area contributed by atoms with Gasteiger partial charge in [0.25, 0.3) is 0 Å². The van der Waals surface area contributed by atoms with Crippen molar-refractivity contribution in [3.63, 3.8) is 0 Å². The molecule has 5 nitrogen and oxygen atoms in total. The first-order chi connectivity index (χ1) is 12.8. The van der Waals surface area contributed by atoms with E-state index >= 15 is 0 Å². The third-order valence-electron chi connectivity index (χ3n) is 4.49. The van der Waals surface area contributed by atoms with Crippen LogP contribution in [0, 0.1) is 0 Å². The molecule has 0 saturated carbocycles. The lowest BCUT2D eigenvalue weighted by atomic mass is 9.82. The first kappa shape index (κ1) is 17.5. The van der Waals surface area contributed by atoms with Gasteiger partial charge in [-0.25, -0.2) is 4.79 Å². The fourth-order valence-electron chi connectivity index (χ4n) is 3.21. The Hall–Kier alpha value is -2.89. The molecular formula is C20H12Cl2O5. The van der Waals surface area contributed by atoms with Gasteiger partial charge >= 0.3 is 5.97 Å². The molecule has 0 atom stereocenters. The first-order valence-corrected chi connectivity index (χ1v) is 8.66. The predicted molar refractivity (Wildman–Crippen MR) is 101 cm³/mol. The van der Waals surface area contributed by atoms with Gasteiger partial charge in [0.1, 0.15) is 23.0 Å². The summed E-state index contributed by atoms with van der Waals surface area (Å²) in [5.41, 5.74) is 2.33. The number of benzene rings is 3. The SMILES string of the molecule is O=C(O)c1ccc(C2c3cc(Cl)c(O)cc3Oc3cc(O)c(Cl)cc32)cc1. The quantitative estimate of drug-likeness (QED) is 0.418. The van der Waals surface area contributed by atoms with Crippen molar-refractivity contribution in [2.24, 2.45) is 0 Å². The number of halogens is 2. The average Bonchev–Trinajstić information content (AvgIpc) is 2.63. The monoisotopic (exact) mass is 402 g/mol. The van der Waals surface area contributed by atoms with Crippen molar-refractivity contribution < 1.29 is 24.9 Å². The maximum atomic E-state index is 11.1. The second-order valence-electron chi connectivity index (χ2n) is 6.15. The Morgan fingerprint density at radius 3 is 1.78 bits per heavy atom. The highest BCUT2D eigenvalue weighted by Crippen LogP contribution is 2.51. The van der Waals surface area contributed by atoms with Crippen LogP contribution in [0.3, 0.4) is 0 Å². The van der Waals surface area contributed by atoms with Gasteiger partial charge in [-0.2, -0.15) is 0 Å². The Kier molecular flexibility index (Phi) is 4.13. The first-order valence-electron chi connectivity index (χ1n) is 7.91. The van der Waals surface area contributed by atoms with Crippen LogP contribution < -0.4 is 4.74 Å². The third-order valence-corrected chi connectivity index (χ3v) is 5.10. The summed E-state index contributed by atoms with van der Waals surface area (Å²) in [6.45, 7) is 0. The van der Waals surface area contributed by atoms with Gasteiger partial charge in [0.2, 0.25) is 0 Å². The van der Waals surface area contributed by atoms with E-state index in [4.69, 9.17) is 33.0 Å². The number of carboxylic acid groups (broad SMARTS) is 1. The number of aromatic hydroxyl groups is 2. The normalized spacial score (nSPS) is 12.8. The Morgan fingerprint density at radius 1 is 0.852 bits per heavy atom. The molecule has 0 unspecified atom stereocenters. The number of hydrogen-bond acceptors (Lipinski definition) is 4. The fourth-order valence-corrected chi connectivity index (χ4v) is 3.55. The van der Waals surface area contributed by atoms with Gasteiger partial charge in [-0.05, 0) is 29.8 Å². The Balaban J connectivity index is 1.95. The minimum absolute atomic E-state index is 0.128. The van der Waals surface area contributed by atoms with Gasteiger partial charge in [-0.15, -0.1) is 0 Å². The van der Waals surface area contributed by atoms with Gasteiger partial charge in [-0.1, -0.05) is 35.3 Å². The molecule has 1 aliphatic heterocycles. The largest absolute Gasteiger partial charge is 0.506 e. The second kappa shape index (κ2) is 6.37. The zero-order valence-corrected chi connectivity index (χ0v) is 15.1. The molecule has 0 bridgehead atoms. The Morgan fingerprint density at radius 2 is 1.33 bits per heavy atom. The molecule has 0 amide bonds. The molecule has 0 aromatic heterocycles. The van der Waals surface area contributed by atoms with Gasteiger partial charge in [0.05, 0.1) is 15.6 Å². The minimum Gasteiger partial charge on any atom is -0.506 e. The van der Waals surface area contributed by atoms with E-state index in [-0.39, 0.29) is 33.0 Å². The summed E-state index contributed by atoms with van der Waals surface area (Å²) in [7, 11) is 0. The molecule has 3 aromatic rings. The molecule has 1 aliphatic rings. The zero-order valence-electron chi connectivity index (χ0n) is 13.6. The van der Waals surface area contributed by atoms with Crippen molar-refractivity contribution >= 4 is 29.2 Å². The number of carboxylic acids is 1. The molecule has 4 rings (SSSR count). The molecule has 0 aliphatic carbocycles. The third kappa shape index (κ3) is 2.95. The summed E-state index contributed by atoms with van der Waals surface area (Å²) in [5.74, 6) is -0.871. The van der Waals surface area contributed by atoms with Crippen LogP contribution in [0.1, 0.15) is 33.0 Å². The number of fused-ring (bicyclic) bond motifs is 2. The molecular weight excluding hydrogens is 391 g/mol. The molecule has 1 heterocycles. The molecule has 7 heteroatoms. The highest BCUT2D eigenvalue weighted by atomic mass is 35.5. The van der Waals surface area contributed by atoms with Gasteiger partial charge in [-0.3, -0.25) is 0 Å². The van der Waals surface area contributed by atoms with Crippen LogP contribution in [-0.4, -0.2) is 21.3 Å². The second-order valence-corrected chi connectivity index (χ2v) is 6.96. The highest BCUT2D eigenvalue weighted by Gasteiger charge is 2.31. The summed E-state index contributed by atoms with van der Waals surface area (Å²) < 4.78 is 5.83. The van der Waals surface area contributed by atoms with E-state index in [0.29, 0.717) is 22.6 Å². The average molecular weight is 403 g/mol.